The molecule has 0 amide bonds. The van der Waals surface area contributed by atoms with Gasteiger partial charge in [0.1, 0.15) is 0 Å². The molecule has 3 aromatic rings. The first-order chi connectivity index (χ1) is 14.1. The summed E-state index contributed by atoms with van der Waals surface area (Å²) in [6, 6.07) is 10.3. The third kappa shape index (κ3) is 2.44. The van der Waals surface area contributed by atoms with E-state index in [1.807, 2.05) is 44.6 Å². The van der Waals surface area contributed by atoms with Crippen LogP contribution in [0.1, 0.15) is 36.6 Å². The van der Waals surface area contributed by atoms with Gasteiger partial charge in [-0.3, -0.25) is 14.6 Å². The van der Waals surface area contributed by atoms with Crippen molar-refractivity contribution in [2.24, 2.45) is 18.9 Å². The molecular formula is C23H24N4O2. The molecule has 5 rings (SSSR count). The number of nitrogens with zero attached hydrogens (tertiary/aromatic N) is 3. The van der Waals surface area contributed by atoms with Gasteiger partial charge in [0.05, 0.1) is 23.8 Å². The van der Waals surface area contributed by atoms with Gasteiger partial charge in [-0.05, 0) is 30.7 Å². The SMILES string of the molecule is C[C@@H]1C(=O)/C(=C\O)C[C@]2(c3ccccc3)c3n[nH]c(-c4cnn(C)c4)c3CC[C@@H]12. The Labute approximate surface area is 169 Å². The summed E-state index contributed by atoms with van der Waals surface area (Å²) >= 11 is 0. The number of ketones is 1. The minimum absolute atomic E-state index is 0.0514. The van der Waals surface area contributed by atoms with Crippen LogP contribution in [0, 0.1) is 11.8 Å². The quantitative estimate of drug-likeness (QED) is 0.518. The molecule has 0 aliphatic heterocycles. The van der Waals surface area contributed by atoms with Crippen LogP contribution < -0.4 is 0 Å². The van der Waals surface area contributed by atoms with Crippen molar-refractivity contribution in [1.29, 1.82) is 0 Å². The number of carbonyl (C=O) groups is 1. The summed E-state index contributed by atoms with van der Waals surface area (Å²) < 4.78 is 1.79. The number of fused-ring (bicyclic) bond motifs is 3. The molecule has 0 bridgehead atoms. The van der Waals surface area contributed by atoms with E-state index < -0.39 is 5.41 Å². The summed E-state index contributed by atoms with van der Waals surface area (Å²) in [7, 11) is 1.90. The maximum atomic E-state index is 12.9. The molecule has 29 heavy (non-hydrogen) atoms. The molecule has 0 saturated heterocycles. The van der Waals surface area contributed by atoms with Gasteiger partial charge in [0.2, 0.25) is 0 Å². The molecule has 6 nitrogen and oxygen atoms in total. The number of nitrogens with one attached hydrogen (secondary N) is 1. The second-order valence-corrected chi connectivity index (χ2v) is 8.30. The average Bonchev–Trinajstić information content (AvgIpc) is 3.37. The number of aryl methyl sites for hydroxylation is 1. The number of aromatic nitrogens is 4. The highest BCUT2D eigenvalue weighted by Gasteiger charge is 2.55. The van der Waals surface area contributed by atoms with E-state index in [9.17, 15) is 9.90 Å². The smallest absolute Gasteiger partial charge is 0.165 e. The fourth-order valence-corrected chi connectivity index (χ4v) is 5.54. The molecule has 2 N–H and O–H groups in total. The number of H-pyrrole nitrogens is 1. The number of Topliss-reactive ketones (excluding diaryl/α,β-unsaturated/α-hetero) is 1. The van der Waals surface area contributed by atoms with Crippen molar-refractivity contribution in [2.75, 3.05) is 0 Å². The van der Waals surface area contributed by atoms with Gasteiger partial charge in [0.15, 0.2) is 5.78 Å². The Kier molecular flexibility index (Phi) is 3.98. The van der Waals surface area contributed by atoms with E-state index in [1.165, 1.54) is 5.56 Å². The first-order valence-electron chi connectivity index (χ1n) is 10.1. The highest BCUT2D eigenvalue weighted by Crippen LogP contribution is 2.56. The lowest BCUT2D eigenvalue weighted by Gasteiger charge is -2.49. The molecule has 0 unspecified atom stereocenters. The number of aromatic amines is 1. The van der Waals surface area contributed by atoms with Gasteiger partial charge in [0.25, 0.3) is 0 Å². The molecule has 1 fully saturated rings. The van der Waals surface area contributed by atoms with E-state index in [4.69, 9.17) is 5.10 Å². The molecule has 2 aliphatic rings. The van der Waals surface area contributed by atoms with E-state index in [1.54, 1.807) is 4.68 Å². The Morgan fingerprint density at radius 1 is 1.31 bits per heavy atom. The molecule has 1 aromatic carbocycles. The molecule has 1 saturated carbocycles. The number of aliphatic hydroxyl groups excluding tert-OH is 1. The van der Waals surface area contributed by atoms with E-state index >= 15 is 0 Å². The van der Waals surface area contributed by atoms with E-state index in [-0.39, 0.29) is 17.6 Å². The van der Waals surface area contributed by atoms with Crippen molar-refractivity contribution in [3.63, 3.8) is 0 Å². The number of hydrogen-bond acceptors (Lipinski definition) is 4. The number of carbonyl (C=O) groups excluding carboxylic acids is 1. The molecule has 6 heteroatoms. The van der Waals surface area contributed by atoms with Crippen molar-refractivity contribution in [3.05, 3.63) is 71.4 Å². The minimum atomic E-state index is -0.437. The van der Waals surface area contributed by atoms with Gasteiger partial charge in [-0.1, -0.05) is 37.3 Å². The van der Waals surface area contributed by atoms with E-state index in [0.29, 0.717) is 12.0 Å². The second kappa shape index (κ2) is 6.44. The van der Waals surface area contributed by atoms with Gasteiger partial charge >= 0.3 is 0 Å². The number of allylic oxidation sites excluding steroid dienone is 1. The minimum Gasteiger partial charge on any atom is -0.515 e. The first kappa shape index (κ1) is 17.9. The normalized spacial score (nSPS) is 27.7. The summed E-state index contributed by atoms with van der Waals surface area (Å²) in [6.07, 6.45) is 7.07. The standard InChI is InChI=1S/C23H24N4O2/c1-14-19-9-8-18-20(16-11-24-27(2)12-16)25-26-22(18)23(19,10-15(13-28)21(14)29)17-6-4-3-5-7-17/h3-7,11-14,19,28H,8-10H2,1-2H3,(H,25,26)/b15-13-/t14-,19-,23+/m0/s1. The molecule has 3 atom stereocenters. The van der Waals surface area contributed by atoms with Gasteiger partial charge in [0, 0.05) is 41.3 Å². The average molecular weight is 388 g/mol. The second-order valence-electron chi connectivity index (χ2n) is 8.30. The van der Waals surface area contributed by atoms with Crippen LogP contribution in [0.5, 0.6) is 0 Å². The summed E-state index contributed by atoms with van der Waals surface area (Å²) in [5.74, 6) is 0.0169. The van der Waals surface area contributed by atoms with Crippen LogP contribution in [0.3, 0.4) is 0 Å². The number of benzene rings is 1. The third-order valence-electron chi connectivity index (χ3n) is 6.87. The number of rotatable bonds is 2. The Bertz CT molecular complexity index is 1110. The summed E-state index contributed by atoms with van der Waals surface area (Å²) in [4.78, 5) is 12.9. The van der Waals surface area contributed by atoms with E-state index in [0.717, 1.165) is 41.6 Å². The van der Waals surface area contributed by atoms with Crippen molar-refractivity contribution >= 4 is 5.78 Å². The maximum Gasteiger partial charge on any atom is 0.165 e. The zero-order chi connectivity index (χ0) is 20.2. The highest BCUT2D eigenvalue weighted by molar-refractivity contribution is 5.98. The molecule has 2 aromatic heterocycles. The van der Waals surface area contributed by atoms with Crippen LogP contribution in [0.15, 0.2) is 54.6 Å². The van der Waals surface area contributed by atoms with Crippen molar-refractivity contribution in [1.82, 2.24) is 20.0 Å². The molecule has 0 spiro atoms. The van der Waals surface area contributed by atoms with Gasteiger partial charge in [-0.2, -0.15) is 10.2 Å². The zero-order valence-corrected chi connectivity index (χ0v) is 16.6. The topological polar surface area (TPSA) is 83.8 Å². The first-order valence-corrected chi connectivity index (χ1v) is 10.1. The third-order valence-corrected chi connectivity index (χ3v) is 6.87. The Morgan fingerprint density at radius 3 is 2.79 bits per heavy atom. The van der Waals surface area contributed by atoms with Crippen LogP contribution in [0.2, 0.25) is 0 Å². The molecular weight excluding hydrogens is 364 g/mol. The molecule has 148 valence electrons. The van der Waals surface area contributed by atoms with Crippen LogP contribution in [0.25, 0.3) is 11.3 Å². The lowest BCUT2D eigenvalue weighted by Crippen LogP contribution is -2.50. The summed E-state index contributed by atoms with van der Waals surface area (Å²) in [6.45, 7) is 1.99. The highest BCUT2D eigenvalue weighted by atomic mass is 16.2. The van der Waals surface area contributed by atoms with Crippen molar-refractivity contribution in [3.8, 4) is 11.3 Å². The van der Waals surface area contributed by atoms with E-state index in [2.05, 4.69) is 22.3 Å². The fraction of sp³-hybridized carbons (Fsp3) is 0.348. The summed E-state index contributed by atoms with van der Waals surface area (Å²) in [5, 5.41) is 22.2. The summed E-state index contributed by atoms with van der Waals surface area (Å²) in [5.41, 5.74) is 5.40. The molecule has 0 radical (unpaired) electrons. The van der Waals surface area contributed by atoms with Gasteiger partial charge < -0.3 is 5.11 Å². The van der Waals surface area contributed by atoms with Crippen LogP contribution in [0.4, 0.5) is 0 Å². The number of hydrogen-bond donors (Lipinski definition) is 2. The Morgan fingerprint density at radius 2 is 2.10 bits per heavy atom. The lowest BCUT2D eigenvalue weighted by atomic mass is 9.52. The monoisotopic (exact) mass is 388 g/mol. The van der Waals surface area contributed by atoms with Crippen LogP contribution >= 0.6 is 0 Å². The lowest BCUT2D eigenvalue weighted by molar-refractivity contribution is -0.123. The Balaban J connectivity index is 1.76. The maximum absolute atomic E-state index is 12.9. The predicted molar refractivity (Wildman–Crippen MR) is 109 cm³/mol. The predicted octanol–water partition coefficient (Wildman–Crippen LogP) is 3.71. The molecule has 2 heterocycles. The Hall–Kier alpha value is -3.15. The number of aliphatic hydroxyl groups is 1. The van der Waals surface area contributed by atoms with Crippen LogP contribution in [-0.2, 0) is 23.7 Å². The fourth-order valence-electron chi connectivity index (χ4n) is 5.54. The largest absolute Gasteiger partial charge is 0.515 e. The van der Waals surface area contributed by atoms with Gasteiger partial charge in [-0.25, -0.2) is 0 Å². The van der Waals surface area contributed by atoms with Crippen molar-refractivity contribution in [2.45, 2.75) is 31.6 Å². The van der Waals surface area contributed by atoms with Crippen LogP contribution in [-0.4, -0.2) is 30.9 Å². The zero-order valence-electron chi connectivity index (χ0n) is 16.6. The molecule has 2 aliphatic carbocycles. The van der Waals surface area contributed by atoms with Crippen molar-refractivity contribution < 1.29 is 9.90 Å². The van der Waals surface area contributed by atoms with Gasteiger partial charge in [-0.15, -0.1) is 0 Å².